The Labute approximate surface area is 104 Å². The van der Waals surface area contributed by atoms with Crippen molar-refractivity contribution in [3.8, 4) is 0 Å². The third-order valence-corrected chi connectivity index (χ3v) is 3.00. The van der Waals surface area contributed by atoms with Crippen LogP contribution in [0.3, 0.4) is 0 Å². The normalized spacial score (nSPS) is 16.1. The van der Waals surface area contributed by atoms with Crippen molar-refractivity contribution in [1.82, 2.24) is 5.32 Å². The van der Waals surface area contributed by atoms with Crippen molar-refractivity contribution in [3.05, 3.63) is 35.1 Å². The molecule has 1 aromatic rings. The first-order valence-corrected chi connectivity index (χ1v) is 5.78. The Kier molecular flexibility index (Phi) is 3.32. The lowest BCUT2D eigenvalue weighted by Crippen LogP contribution is -2.34. The number of nitrogens with one attached hydrogen (secondary N) is 1. The van der Waals surface area contributed by atoms with Crippen LogP contribution in [-0.2, 0) is 9.59 Å². The molecule has 0 heterocycles. The second-order valence-corrected chi connectivity index (χ2v) is 4.56. The summed E-state index contributed by atoms with van der Waals surface area (Å²) in [7, 11) is 0. The Morgan fingerprint density at radius 3 is 2.61 bits per heavy atom. The van der Waals surface area contributed by atoms with Crippen LogP contribution in [0.5, 0.6) is 0 Å². The van der Waals surface area contributed by atoms with E-state index in [4.69, 9.17) is 5.11 Å². The summed E-state index contributed by atoms with van der Waals surface area (Å²) in [6, 6.07) is 2.93. The summed E-state index contributed by atoms with van der Waals surface area (Å²) >= 11 is 0. The summed E-state index contributed by atoms with van der Waals surface area (Å²) in [6.07, 6.45) is 1.61. The van der Waals surface area contributed by atoms with Gasteiger partial charge in [0.05, 0.1) is 0 Å². The number of aliphatic carboxylic acids is 1. The van der Waals surface area contributed by atoms with Crippen LogP contribution in [0.25, 0.3) is 0 Å². The standard InChI is InChI=1S/C13H14FNO3/c1-7-6-9(4-5-10(7)14)11(13(17)18)15-12(16)8-2-3-8/h4-6,8,11H,2-3H2,1H3,(H,15,16)(H,17,18). The van der Waals surface area contributed by atoms with Gasteiger partial charge in [0.1, 0.15) is 5.82 Å². The molecule has 0 bridgehead atoms. The van der Waals surface area contributed by atoms with Gasteiger partial charge >= 0.3 is 5.97 Å². The molecule has 1 saturated carbocycles. The highest BCUT2D eigenvalue weighted by Gasteiger charge is 2.33. The molecule has 1 aliphatic carbocycles. The summed E-state index contributed by atoms with van der Waals surface area (Å²) < 4.78 is 13.1. The van der Waals surface area contributed by atoms with E-state index < -0.39 is 17.8 Å². The van der Waals surface area contributed by atoms with Crippen LogP contribution < -0.4 is 5.32 Å². The largest absolute Gasteiger partial charge is 0.479 e. The molecule has 18 heavy (non-hydrogen) atoms. The lowest BCUT2D eigenvalue weighted by atomic mass is 10.0. The molecule has 0 aromatic heterocycles. The predicted octanol–water partition coefficient (Wildman–Crippen LogP) is 1.79. The Morgan fingerprint density at radius 2 is 2.11 bits per heavy atom. The van der Waals surface area contributed by atoms with Crippen LogP contribution >= 0.6 is 0 Å². The summed E-state index contributed by atoms with van der Waals surface area (Å²) in [5, 5.41) is 11.6. The minimum Gasteiger partial charge on any atom is -0.479 e. The summed E-state index contributed by atoms with van der Waals surface area (Å²) in [4.78, 5) is 22.8. The van der Waals surface area contributed by atoms with Gasteiger partial charge in [0.2, 0.25) is 5.91 Å². The van der Waals surface area contributed by atoms with Gasteiger partial charge in [0, 0.05) is 5.92 Å². The number of carbonyl (C=O) groups excluding carboxylic acids is 1. The maximum Gasteiger partial charge on any atom is 0.330 e. The SMILES string of the molecule is Cc1cc(C(NC(=O)C2CC2)C(=O)O)ccc1F. The number of aryl methyl sites for hydroxylation is 1. The highest BCUT2D eigenvalue weighted by Crippen LogP contribution is 2.30. The Morgan fingerprint density at radius 1 is 1.44 bits per heavy atom. The van der Waals surface area contributed by atoms with Gasteiger partial charge in [-0.3, -0.25) is 4.79 Å². The molecule has 4 nitrogen and oxygen atoms in total. The smallest absolute Gasteiger partial charge is 0.330 e. The Hall–Kier alpha value is -1.91. The molecule has 0 radical (unpaired) electrons. The topological polar surface area (TPSA) is 66.4 Å². The van der Waals surface area contributed by atoms with Gasteiger partial charge in [-0.2, -0.15) is 0 Å². The molecule has 1 fully saturated rings. The molecule has 2 rings (SSSR count). The number of carbonyl (C=O) groups is 2. The van der Waals surface area contributed by atoms with Crippen molar-refractivity contribution in [1.29, 1.82) is 0 Å². The number of benzene rings is 1. The maximum absolute atomic E-state index is 13.1. The molecule has 5 heteroatoms. The first-order chi connectivity index (χ1) is 8.49. The summed E-state index contributed by atoms with van der Waals surface area (Å²) in [5.41, 5.74) is 0.745. The van der Waals surface area contributed by atoms with Crippen LogP contribution in [0, 0.1) is 18.7 Å². The molecule has 1 amide bonds. The average molecular weight is 251 g/mol. The van der Waals surface area contributed by atoms with E-state index in [9.17, 15) is 14.0 Å². The highest BCUT2D eigenvalue weighted by atomic mass is 19.1. The molecule has 1 aromatic carbocycles. The van der Waals surface area contributed by atoms with Crippen LogP contribution in [-0.4, -0.2) is 17.0 Å². The number of hydrogen-bond donors (Lipinski definition) is 2. The molecule has 0 saturated heterocycles. The van der Waals surface area contributed by atoms with Crippen molar-refractivity contribution >= 4 is 11.9 Å². The second kappa shape index (κ2) is 4.76. The van der Waals surface area contributed by atoms with E-state index in [1.165, 1.54) is 18.2 Å². The molecule has 0 aliphatic heterocycles. The van der Waals surface area contributed by atoms with E-state index in [-0.39, 0.29) is 11.8 Å². The van der Waals surface area contributed by atoms with Gasteiger partial charge in [-0.15, -0.1) is 0 Å². The second-order valence-electron chi connectivity index (χ2n) is 4.56. The van der Waals surface area contributed by atoms with Gasteiger partial charge < -0.3 is 10.4 Å². The maximum atomic E-state index is 13.1. The molecule has 1 unspecified atom stereocenters. The lowest BCUT2D eigenvalue weighted by molar-refractivity contribution is -0.142. The van der Waals surface area contributed by atoms with Crippen molar-refractivity contribution in [2.45, 2.75) is 25.8 Å². The fraction of sp³-hybridized carbons (Fsp3) is 0.385. The number of rotatable bonds is 4. The van der Waals surface area contributed by atoms with Gasteiger partial charge in [0.25, 0.3) is 0 Å². The van der Waals surface area contributed by atoms with Crippen molar-refractivity contribution < 1.29 is 19.1 Å². The monoisotopic (exact) mass is 251 g/mol. The number of carboxylic acid groups (broad SMARTS) is 1. The fourth-order valence-electron chi connectivity index (χ4n) is 1.74. The van der Waals surface area contributed by atoms with Crippen LogP contribution in [0.2, 0.25) is 0 Å². The minimum absolute atomic E-state index is 0.0617. The zero-order valence-electron chi connectivity index (χ0n) is 9.94. The summed E-state index contributed by atoms with van der Waals surface area (Å²) in [6.45, 7) is 1.56. The van der Waals surface area contributed by atoms with Gasteiger partial charge in [-0.1, -0.05) is 12.1 Å². The van der Waals surface area contributed by atoms with Crippen LogP contribution in [0.4, 0.5) is 4.39 Å². The molecular weight excluding hydrogens is 237 g/mol. The first kappa shape index (κ1) is 12.5. The van der Waals surface area contributed by atoms with Crippen LogP contribution in [0.1, 0.15) is 30.0 Å². The van der Waals surface area contributed by atoms with Crippen molar-refractivity contribution in [3.63, 3.8) is 0 Å². The molecule has 1 atom stereocenters. The van der Waals surface area contributed by atoms with Gasteiger partial charge in [-0.05, 0) is 37.0 Å². The Balaban J connectivity index is 2.20. The number of amides is 1. The van der Waals surface area contributed by atoms with Crippen molar-refractivity contribution in [2.24, 2.45) is 5.92 Å². The van der Waals surface area contributed by atoms with Crippen molar-refractivity contribution in [2.75, 3.05) is 0 Å². The highest BCUT2D eigenvalue weighted by molar-refractivity contribution is 5.87. The minimum atomic E-state index is -1.14. The number of hydrogen-bond acceptors (Lipinski definition) is 2. The molecule has 96 valence electrons. The van der Waals surface area contributed by atoms with Gasteiger partial charge in [-0.25, -0.2) is 9.18 Å². The fourth-order valence-corrected chi connectivity index (χ4v) is 1.74. The predicted molar refractivity (Wildman–Crippen MR) is 62.4 cm³/mol. The van der Waals surface area contributed by atoms with E-state index in [2.05, 4.69) is 5.32 Å². The number of carboxylic acids is 1. The Bertz CT molecular complexity index is 497. The van der Waals surface area contributed by atoms with E-state index in [0.717, 1.165) is 12.8 Å². The molecule has 1 aliphatic rings. The van der Waals surface area contributed by atoms with Crippen LogP contribution in [0.15, 0.2) is 18.2 Å². The third kappa shape index (κ3) is 2.67. The first-order valence-electron chi connectivity index (χ1n) is 5.78. The van der Waals surface area contributed by atoms with Gasteiger partial charge in [0.15, 0.2) is 6.04 Å². The number of halogens is 1. The quantitative estimate of drug-likeness (QED) is 0.857. The molecule has 2 N–H and O–H groups in total. The lowest BCUT2D eigenvalue weighted by Gasteiger charge is -2.15. The van der Waals surface area contributed by atoms with E-state index >= 15 is 0 Å². The zero-order valence-corrected chi connectivity index (χ0v) is 9.94. The molecule has 0 spiro atoms. The third-order valence-electron chi connectivity index (χ3n) is 3.00. The molecular formula is C13H14FNO3. The van der Waals surface area contributed by atoms with E-state index in [1.807, 2.05) is 0 Å². The van der Waals surface area contributed by atoms with E-state index in [0.29, 0.717) is 11.1 Å². The average Bonchev–Trinajstić information content (AvgIpc) is 3.13. The zero-order chi connectivity index (χ0) is 13.3. The van der Waals surface area contributed by atoms with E-state index in [1.54, 1.807) is 6.92 Å². The summed E-state index contributed by atoms with van der Waals surface area (Å²) in [5.74, 6) is -1.84.